The maximum absolute atomic E-state index is 12.6. The third kappa shape index (κ3) is 3.70. The minimum Gasteiger partial charge on any atom is -0.472 e. The lowest BCUT2D eigenvalue weighted by molar-refractivity contribution is 0.0599. The maximum Gasteiger partial charge on any atom is 0.338 e. The average Bonchev–Trinajstić information content (AvgIpc) is 3.42. The number of fused-ring (bicyclic) bond motifs is 3. The zero-order valence-corrected chi connectivity index (χ0v) is 20.2. The Labute approximate surface area is 208 Å². The first kappa shape index (κ1) is 21.9. The Morgan fingerprint density at radius 1 is 1.00 bits per heavy atom. The fraction of sp³-hybridized carbons (Fsp3) is 0.207. The highest BCUT2D eigenvalue weighted by molar-refractivity contribution is 7.17. The van der Waals surface area contributed by atoms with Crippen LogP contribution in [0, 0.1) is 0 Å². The molecular weight excluding hydrogens is 458 g/mol. The Balaban J connectivity index is 1.50. The van der Waals surface area contributed by atoms with Gasteiger partial charge in [0.05, 0.1) is 25.9 Å². The Kier molecular flexibility index (Phi) is 5.55. The van der Waals surface area contributed by atoms with Gasteiger partial charge in [0.2, 0.25) is 0 Å². The van der Waals surface area contributed by atoms with Crippen LogP contribution in [0.2, 0.25) is 0 Å². The largest absolute Gasteiger partial charge is 0.472 e. The summed E-state index contributed by atoms with van der Waals surface area (Å²) < 4.78 is 18.5. The molecule has 5 nitrogen and oxygen atoms in total. The summed E-state index contributed by atoms with van der Waals surface area (Å²) in [4.78, 5) is 15.0. The van der Waals surface area contributed by atoms with Crippen LogP contribution in [0.5, 0.6) is 5.75 Å². The highest BCUT2D eigenvalue weighted by atomic mass is 32.1. The van der Waals surface area contributed by atoms with Crippen molar-refractivity contribution in [2.75, 3.05) is 38.3 Å². The molecular formula is C29H25NO4S. The van der Waals surface area contributed by atoms with Gasteiger partial charge >= 0.3 is 5.97 Å². The lowest BCUT2D eigenvalue weighted by Crippen LogP contribution is -2.37. The van der Waals surface area contributed by atoms with E-state index in [0.717, 1.165) is 53.1 Å². The normalized spacial score (nSPS) is 19.3. The molecule has 2 aliphatic rings. The van der Waals surface area contributed by atoms with Crippen LogP contribution >= 0.6 is 11.3 Å². The number of nitrogens with zero attached hydrogens (tertiary/aromatic N) is 1. The van der Waals surface area contributed by atoms with Gasteiger partial charge in [-0.15, -0.1) is 11.3 Å². The van der Waals surface area contributed by atoms with E-state index < -0.39 is 5.60 Å². The molecule has 4 aromatic rings. The van der Waals surface area contributed by atoms with E-state index in [9.17, 15) is 4.79 Å². The van der Waals surface area contributed by atoms with Gasteiger partial charge in [-0.1, -0.05) is 42.5 Å². The number of morpholine rings is 1. The standard InChI is InChI=1S/C29H25NO4S/c1-32-28(31)25-19-26-24(12-18-35-26)27-23(25)11-13-29(34-27,20-5-3-2-4-6-20)21-7-9-22(10-8-21)30-14-16-33-17-15-30/h2-13,18-19H,14-17H2,1H3. The molecule has 0 bridgehead atoms. The van der Waals surface area contributed by atoms with Crippen LogP contribution in [-0.2, 0) is 15.1 Å². The topological polar surface area (TPSA) is 48.0 Å². The molecule has 1 fully saturated rings. The van der Waals surface area contributed by atoms with Crippen LogP contribution in [-0.4, -0.2) is 39.4 Å². The molecule has 176 valence electrons. The van der Waals surface area contributed by atoms with E-state index in [2.05, 4.69) is 53.4 Å². The van der Waals surface area contributed by atoms with Gasteiger partial charge in [-0.25, -0.2) is 4.79 Å². The fourth-order valence-electron chi connectivity index (χ4n) is 4.95. The van der Waals surface area contributed by atoms with Gasteiger partial charge in [0.1, 0.15) is 5.75 Å². The molecule has 0 N–H and O–H groups in total. The minimum atomic E-state index is -0.832. The van der Waals surface area contributed by atoms with Crippen LogP contribution < -0.4 is 9.64 Å². The van der Waals surface area contributed by atoms with Crippen molar-refractivity contribution in [3.8, 4) is 5.75 Å². The molecule has 0 saturated carbocycles. The van der Waals surface area contributed by atoms with Crippen LogP contribution in [0.1, 0.15) is 27.0 Å². The molecule has 6 rings (SSSR count). The molecule has 3 aromatic carbocycles. The Morgan fingerprint density at radius 2 is 1.74 bits per heavy atom. The van der Waals surface area contributed by atoms with Gasteiger partial charge in [-0.05, 0) is 41.8 Å². The van der Waals surface area contributed by atoms with E-state index in [1.807, 2.05) is 35.7 Å². The Bertz CT molecular complexity index is 1400. The van der Waals surface area contributed by atoms with E-state index in [1.54, 1.807) is 11.3 Å². The highest BCUT2D eigenvalue weighted by Gasteiger charge is 2.39. The Hall–Kier alpha value is -3.61. The molecule has 0 radical (unpaired) electrons. The zero-order valence-electron chi connectivity index (χ0n) is 19.4. The van der Waals surface area contributed by atoms with E-state index >= 15 is 0 Å². The summed E-state index contributed by atoms with van der Waals surface area (Å²) >= 11 is 1.58. The molecule has 0 spiro atoms. The second-order valence-corrected chi connectivity index (χ2v) is 9.62. The number of hydrogen-bond acceptors (Lipinski definition) is 6. The predicted octanol–water partition coefficient (Wildman–Crippen LogP) is 5.87. The average molecular weight is 484 g/mol. The van der Waals surface area contributed by atoms with Crippen molar-refractivity contribution < 1.29 is 19.0 Å². The first-order valence-corrected chi connectivity index (χ1v) is 12.6. The van der Waals surface area contributed by atoms with E-state index in [4.69, 9.17) is 14.2 Å². The van der Waals surface area contributed by atoms with Crippen molar-refractivity contribution in [1.82, 2.24) is 0 Å². The molecule has 2 aliphatic heterocycles. The van der Waals surface area contributed by atoms with Gasteiger partial charge in [-0.2, -0.15) is 0 Å². The second kappa shape index (κ2) is 8.87. The Morgan fingerprint density at radius 3 is 2.49 bits per heavy atom. The summed E-state index contributed by atoms with van der Waals surface area (Å²) in [6, 6.07) is 22.8. The number of rotatable bonds is 4. The molecule has 35 heavy (non-hydrogen) atoms. The van der Waals surface area contributed by atoms with E-state index in [0.29, 0.717) is 11.3 Å². The summed E-state index contributed by atoms with van der Waals surface area (Å²) in [5, 5.41) is 3.02. The van der Waals surface area contributed by atoms with Gasteiger partial charge in [0.25, 0.3) is 0 Å². The lowest BCUT2D eigenvalue weighted by atomic mass is 9.83. The second-order valence-electron chi connectivity index (χ2n) is 8.67. The number of anilines is 1. The van der Waals surface area contributed by atoms with Crippen LogP contribution in [0.15, 0.2) is 78.2 Å². The van der Waals surface area contributed by atoms with Crippen LogP contribution in [0.4, 0.5) is 5.69 Å². The summed E-state index contributed by atoms with van der Waals surface area (Å²) in [6.07, 6.45) is 4.06. The van der Waals surface area contributed by atoms with E-state index in [1.165, 1.54) is 12.8 Å². The van der Waals surface area contributed by atoms with Gasteiger partial charge in [0, 0.05) is 45.6 Å². The van der Waals surface area contributed by atoms with Crippen molar-refractivity contribution in [2.45, 2.75) is 5.60 Å². The fourth-order valence-corrected chi connectivity index (χ4v) is 5.77. The van der Waals surface area contributed by atoms with Crippen molar-refractivity contribution in [3.63, 3.8) is 0 Å². The molecule has 1 saturated heterocycles. The number of ether oxygens (including phenoxy) is 3. The number of esters is 1. The van der Waals surface area contributed by atoms with Crippen molar-refractivity contribution in [2.24, 2.45) is 0 Å². The number of methoxy groups -OCH3 is 1. The van der Waals surface area contributed by atoms with Gasteiger partial charge in [0.15, 0.2) is 5.60 Å². The number of thiophene rings is 1. The maximum atomic E-state index is 12.6. The van der Waals surface area contributed by atoms with Gasteiger partial charge < -0.3 is 19.1 Å². The SMILES string of the molecule is COC(=O)c1cc2sccc2c2c1C=CC(c1ccccc1)(c1ccc(N3CCOCC3)cc1)O2. The molecule has 1 atom stereocenters. The smallest absolute Gasteiger partial charge is 0.338 e. The van der Waals surface area contributed by atoms with Crippen molar-refractivity contribution >= 4 is 39.2 Å². The first-order valence-electron chi connectivity index (χ1n) is 11.7. The van der Waals surface area contributed by atoms with Crippen LogP contribution in [0.3, 0.4) is 0 Å². The minimum absolute atomic E-state index is 0.369. The molecule has 6 heteroatoms. The zero-order chi connectivity index (χ0) is 23.8. The van der Waals surface area contributed by atoms with E-state index in [-0.39, 0.29) is 5.97 Å². The molecule has 3 heterocycles. The van der Waals surface area contributed by atoms with Crippen molar-refractivity contribution in [1.29, 1.82) is 0 Å². The number of carbonyl (C=O) groups is 1. The third-order valence-electron chi connectivity index (χ3n) is 6.78. The predicted molar refractivity (Wildman–Crippen MR) is 140 cm³/mol. The summed E-state index contributed by atoms with van der Waals surface area (Å²) in [7, 11) is 1.41. The number of carbonyl (C=O) groups excluding carboxylic acids is 1. The van der Waals surface area contributed by atoms with Gasteiger partial charge in [-0.3, -0.25) is 0 Å². The van der Waals surface area contributed by atoms with Crippen molar-refractivity contribution in [3.05, 3.63) is 100 Å². The molecule has 1 aromatic heterocycles. The monoisotopic (exact) mass is 483 g/mol. The van der Waals surface area contributed by atoms with Crippen LogP contribution in [0.25, 0.3) is 16.2 Å². The highest BCUT2D eigenvalue weighted by Crippen LogP contribution is 2.47. The molecule has 0 amide bonds. The third-order valence-corrected chi connectivity index (χ3v) is 7.64. The number of hydrogen-bond donors (Lipinski definition) is 0. The lowest BCUT2D eigenvalue weighted by Gasteiger charge is -2.37. The quantitative estimate of drug-likeness (QED) is 0.340. The summed E-state index contributed by atoms with van der Waals surface area (Å²) in [6.45, 7) is 3.27. The number of benzene rings is 3. The molecule has 1 unspecified atom stereocenters. The summed E-state index contributed by atoms with van der Waals surface area (Å²) in [5.74, 6) is 0.333. The summed E-state index contributed by atoms with van der Waals surface area (Å²) in [5.41, 5.74) is 3.65. The first-order chi connectivity index (χ1) is 17.2. The molecule has 0 aliphatic carbocycles.